The first-order valence-electron chi connectivity index (χ1n) is 6.41. The van der Waals surface area contributed by atoms with E-state index in [4.69, 9.17) is 16.3 Å². The lowest BCUT2D eigenvalue weighted by Gasteiger charge is -2.19. The van der Waals surface area contributed by atoms with Crippen LogP contribution in [-0.4, -0.2) is 18.8 Å². The molecule has 0 heterocycles. The Hall–Kier alpha value is -1.71. The summed E-state index contributed by atoms with van der Waals surface area (Å²) < 4.78 is 5.25. The van der Waals surface area contributed by atoms with Gasteiger partial charge < -0.3 is 15.2 Å². The number of methoxy groups -OCH3 is 1. The molecule has 0 saturated heterocycles. The van der Waals surface area contributed by atoms with Crippen molar-refractivity contribution < 1.29 is 9.84 Å². The fraction of sp³-hybridized carbons (Fsp3) is 0.250. The van der Waals surface area contributed by atoms with E-state index in [9.17, 15) is 5.11 Å². The van der Waals surface area contributed by atoms with Crippen molar-refractivity contribution in [3.8, 4) is 5.75 Å². The molecule has 2 aromatic rings. The second-order valence-corrected chi connectivity index (χ2v) is 5.06. The molecule has 0 aliphatic heterocycles. The maximum absolute atomic E-state index is 9.60. The summed E-state index contributed by atoms with van der Waals surface area (Å²) in [6.07, 6.45) is 0. The van der Waals surface area contributed by atoms with E-state index in [0.717, 1.165) is 22.6 Å². The van der Waals surface area contributed by atoms with E-state index in [-0.39, 0.29) is 12.6 Å². The van der Waals surface area contributed by atoms with Crippen LogP contribution in [0.5, 0.6) is 5.75 Å². The van der Waals surface area contributed by atoms with Gasteiger partial charge in [0.1, 0.15) is 5.75 Å². The molecule has 1 atom stereocenters. The molecule has 106 valence electrons. The van der Waals surface area contributed by atoms with Gasteiger partial charge in [-0.15, -0.1) is 0 Å². The van der Waals surface area contributed by atoms with Crippen molar-refractivity contribution in [3.63, 3.8) is 0 Å². The van der Waals surface area contributed by atoms with Crippen molar-refractivity contribution in [1.29, 1.82) is 0 Å². The van der Waals surface area contributed by atoms with Crippen molar-refractivity contribution in [1.82, 2.24) is 0 Å². The highest BCUT2D eigenvalue weighted by atomic mass is 35.5. The third-order valence-corrected chi connectivity index (χ3v) is 3.40. The average molecular weight is 292 g/mol. The molecule has 1 unspecified atom stereocenters. The molecule has 0 bridgehead atoms. The van der Waals surface area contributed by atoms with E-state index >= 15 is 0 Å². The predicted octanol–water partition coefficient (Wildman–Crippen LogP) is 3.80. The highest BCUT2D eigenvalue weighted by Gasteiger charge is 2.12. The van der Waals surface area contributed by atoms with Crippen molar-refractivity contribution in [3.05, 3.63) is 58.6 Å². The van der Waals surface area contributed by atoms with Crippen LogP contribution in [0.2, 0.25) is 5.02 Å². The molecule has 0 amide bonds. The molecular formula is C16H18ClNO2. The number of hydrogen-bond acceptors (Lipinski definition) is 3. The lowest BCUT2D eigenvalue weighted by Crippen LogP contribution is -2.15. The van der Waals surface area contributed by atoms with E-state index in [0.29, 0.717) is 5.02 Å². The Morgan fingerprint density at radius 2 is 2.05 bits per heavy atom. The smallest absolute Gasteiger partial charge is 0.121 e. The number of aliphatic hydroxyl groups is 1. The van der Waals surface area contributed by atoms with Crippen molar-refractivity contribution in [2.24, 2.45) is 0 Å². The molecular weight excluding hydrogens is 274 g/mol. The fourth-order valence-electron chi connectivity index (χ4n) is 2.13. The molecule has 3 nitrogen and oxygen atoms in total. The van der Waals surface area contributed by atoms with Crippen molar-refractivity contribution >= 4 is 17.3 Å². The lowest BCUT2D eigenvalue weighted by molar-refractivity contribution is 0.276. The topological polar surface area (TPSA) is 41.5 Å². The standard InChI is InChI=1S/C16H18ClNO2/c1-11-8-12(6-7-16(11)20-2)15(10-19)18-14-5-3-4-13(17)9-14/h3-9,15,18-19H,10H2,1-2H3. The highest BCUT2D eigenvalue weighted by molar-refractivity contribution is 6.30. The van der Waals surface area contributed by atoms with Crippen LogP contribution in [0.15, 0.2) is 42.5 Å². The zero-order valence-electron chi connectivity index (χ0n) is 11.6. The summed E-state index contributed by atoms with van der Waals surface area (Å²) in [5.41, 5.74) is 2.92. The van der Waals surface area contributed by atoms with Crippen LogP contribution < -0.4 is 10.1 Å². The maximum atomic E-state index is 9.60. The number of nitrogens with one attached hydrogen (secondary N) is 1. The number of halogens is 1. The molecule has 4 heteroatoms. The van der Waals surface area contributed by atoms with Gasteiger partial charge in [-0.05, 0) is 42.3 Å². The van der Waals surface area contributed by atoms with Gasteiger partial charge in [0.25, 0.3) is 0 Å². The van der Waals surface area contributed by atoms with Crippen LogP contribution in [0.25, 0.3) is 0 Å². The summed E-state index contributed by atoms with van der Waals surface area (Å²) in [4.78, 5) is 0. The van der Waals surface area contributed by atoms with E-state index in [2.05, 4.69) is 5.32 Å². The number of benzene rings is 2. The summed E-state index contributed by atoms with van der Waals surface area (Å²) in [5, 5.41) is 13.5. The molecule has 0 aliphatic carbocycles. The minimum Gasteiger partial charge on any atom is -0.496 e. The first-order chi connectivity index (χ1) is 9.63. The Morgan fingerprint density at radius 3 is 2.65 bits per heavy atom. The Bertz CT molecular complexity index is 586. The zero-order chi connectivity index (χ0) is 14.5. The van der Waals surface area contributed by atoms with E-state index in [1.807, 2.05) is 49.4 Å². The van der Waals surface area contributed by atoms with Gasteiger partial charge >= 0.3 is 0 Å². The second kappa shape index (κ2) is 6.64. The molecule has 0 aromatic heterocycles. The van der Waals surface area contributed by atoms with E-state index in [1.54, 1.807) is 7.11 Å². The minimum atomic E-state index is -0.182. The fourth-order valence-corrected chi connectivity index (χ4v) is 2.32. The van der Waals surface area contributed by atoms with Gasteiger partial charge in [-0.3, -0.25) is 0 Å². The molecule has 0 fully saturated rings. The average Bonchev–Trinajstić information content (AvgIpc) is 2.44. The Kier molecular flexibility index (Phi) is 4.88. The van der Waals surface area contributed by atoms with E-state index in [1.165, 1.54) is 0 Å². The van der Waals surface area contributed by atoms with Gasteiger partial charge in [0.2, 0.25) is 0 Å². The predicted molar refractivity (Wildman–Crippen MR) is 82.6 cm³/mol. The van der Waals surface area contributed by atoms with E-state index < -0.39 is 0 Å². The summed E-state index contributed by atoms with van der Waals surface area (Å²) in [5.74, 6) is 0.841. The summed E-state index contributed by atoms with van der Waals surface area (Å²) >= 11 is 5.96. The first-order valence-corrected chi connectivity index (χ1v) is 6.79. The normalized spacial score (nSPS) is 12.0. The minimum absolute atomic E-state index is 0.00170. The highest BCUT2D eigenvalue weighted by Crippen LogP contribution is 2.25. The van der Waals surface area contributed by atoms with Crippen LogP contribution in [0.4, 0.5) is 5.69 Å². The van der Waals surface area contributed by atoms with Gasteiger partial charge in [-0.1, -0.05) is 29.8 Å². The van der Waals surface area contributed by atoms with Crippen molar-refractivity contribution in [2.75, 3.05) is 19.0 Å². The molecule has 2 N–H and O–H groups in total. The molecule has 2 aromatic carbocycles. The maximum Gasteiger partial charge on any atom is 0.121 e. The summed E-state index contributed by atoms with van der Waals surface area (Å²) in [6, 6.07) is 13.1. The van der Waals surface area contributed by atoms with Gasteiger partial charge in [-0.2, -0.15) is 0 Å². The van der Waals surface area contributed by atoms with Crippen LogP contribution in [0.1, 0.15) is 17.2 Å². The number of ether oxygens (including phenoxy) is 1. The van der Waals surface area contributed by atoms with Crippen molar-refractivity contribution in [2.45, 2.75) is 13.0 Å². The zero-order valence-corrected chi connectivity index (χ0v) is 12.3. The Balaban J connectivity index is 2.22. The molecule has 2 rings (SSSR count). The van der Waals surface area contributed by atoms with Gasteiger partial charge in [0.05, 0.1) is 19.8 Å². The number of rotatable bonds is 5. The Labute approximate surface area is 124 Å². The number of aryl methyl sites for hydroxylation is 1. The van der Waals surface area contributed by atoms with Crippen LogP contribution in [0, 0.1) is 6.92 Å². The third kappa shape index (κ3) is 3.44. The van der Waals surface area contributed by atoms with Gasteiger partial charge in [0, 0.05) is 10.7 Å². The number of hydrogen-bond donors (Lipinski definition) is 2. The lowest BCUT2D eigenvalue weighted by atomic mass is 10.0. The molecule has 0 aliphatic rings. The third-order valence-electron chi connectivity index (χ3n) is 3.17. The SMILES string of the molecule is COc1ccc(C(CO)Nc2cccc(Cl)c2)cc1C. The molecule has 20 heavy (non-hydrogen) atoms. The Morgan fingerprint density at radius 1 is 1.25 bits per heavy atom. The van der Waals surface area contributed by atoms with Gasteiger partial charge in [0.15, 0.2) is 0 Å². The summed E-state index contributed by atoms with van der Waals surface area (Å²) in [7, 11) is 1.65. The molecule has 0 saturated carbocycles. The first kappa shape index (κ1) is 14.7. The largest absolute Gasteiger partial charge is 0.496 e. The second-order valence-electron chi connectivity index (χ2n) is 4.62. The van der Waals surface area contributed by atoms with Crippen LogP contribution >= 0.6 is 11.6 Å². The quantitative estimate of drug-likeness (QED) is 0.880. The number of aliphatic hydroxyl groups excluding tert-OH is 1. The van der Waals surface area contributed by atoms with Gasteiger partial charge in [-0.25, -0.2) is 0 Å². The monoisotopic (exact) mass is 291 g/mol. The molecule has 0 spiro atoms. The number of anilines is 1. The van der Waals surface area contributed by atoms with Crippen LogP contribution in [-0.2, 0) is 0 Å². The molecule has 0 radical (unpaired) electrons. The van der Waals surface area contributed by atoms with Crippen LogP contribution in [0.3, 0.4) is 0 Å². The summed E-state index contributed by atoms with van der Waals surface area (Å²) in [6.45, 7) is 1.98.